The quantitative estimate of drug-likeness (QED) is 0.513. The number of hydrogen-bond acceptors (Lipinski definition) is 6. The first-order valence-electron chi connectivity index (χ1n) is 8.37. The Hall–Kier alpha value is -1.22. The van der Waals surface area contributed by atoms with Gasteiger partial charge in [-0.3, -0.25) is 0 Å². The minimum absolute atomic E-state index is 0. The molecular weight excluding hydrogens is 463 g/mol. The number of carbonyl (C=O) groups excluding carboxylic acids is 2. The van der Waals surface area contributed by atoms with E-state index in [1.54, 1.807) is 48.5 Å². The summed E-state index contributed by atoms with van der Waals surface area (Å²) < 4.78 is 10.4. The van der Waals surface area contributed by atoms with Gasteiger partial charge in [-0.2, -0.15) is 0 Å². The number of benzene rings is 2. The van der Waals surface area contributed by atoms with E-state index in [4.69, 9.17) is 32.7 Å². The van der Waals surface area contributed by atoms with Crippen LogP contribution in [0.15, 0.2) is 48.5 Å². The van der Waals surface area contributed by atoms with Crippen LogP contribution in [0, 0.1) is 11.8 Å². The Kier molecular flexibility index (Phi) is 17.0. The van der Waals surface area contributed by atoms with Gasteiger partial charge < -0.3 is 34.8 Å². The predicted octanol–water partition coefficient (Wildman–Crippen LogP) is 1.00. The zero-order valence-electron chi connectivity index (χ0n) is 16.6. The zero-order valence-corrected chi connectivity index (χ0v) is 20.3. The van der Waals surface area contributed by atoms with Gasteiger partial charge in [0.25, 0.3) is 0 Å². The van der Waals surface area contributed by atoms with Crippen molar-refractivity contribution in [3.8, 4) is 11.5 Å². The van der Waals surface area contributed by atoms with Crippen LogP contribution in [0.25, 0.3) is 0 Å². The number of carbonyl (C=O) groups is 2. The van der Waals surface area contributed by atoms with Crippen LogP contribution in [0.1, 0.15) is 13.8 Å². The van der Waals surface area contributed by atoms with Crippen molar-refractivity contribution < 1.29 is 34.8 Å². The molecule has 2 aromatic carbocycles. The van der Waals surface area contributed by atoms with Crippen molar-refractivity contribution in [1.29, 1.82) is 0 Å². The van der Waals surface area contributed by atoms with E-state index in [1.165, 1.54) is 13.8 Å². The predicted molar refractivity (Wildman–Crippen MR) is 112 cm³/mol. The van der Waals surface area contributed by atoms with Gasteiger partial charge in [0.1, 0.15) is 11.5 Å². The van der Waals surface area contributed by atoms with Gasteiger partial charge in [-0.25, -0.2) is 0 Å². The molecule has 10 heteroatoms. The van der Waals surface area contributed by atoms with Crippen molar-refractivity contribution in [2.45, 2.75) is 13.8 Å². The van der Waals surface area contributed by atoms with Crippen LogP contribution in [0.3, 0.4) is 0 Å². The SMILES string of the molecule is CC(COc1ccc(Cl)cc1)C(=O)[O-].CC(COc1ccc(Cl)cc1)C(=O)[O-].O.[Ca+2]. The van der Waals surface area contributed by atoms with Gasteiger partial charge in [-0.05, 0) is 48.5 Å². The molecule has 2 aromatic rings. The number of ether oxygens (including phenoxy) is 2. The van der Waals surface area contributed by atoms with Gasteiger partial charge >= 0.3 is 37.7 Å². The first-order chi connectivity index (χ1) is 13.2. The number of carboxylic acids is 2. The summed E-state index contributed by atoms with van der Waals surface area (Å²) in [6.45, 7) is 3.27. The van der Waals surface area contributed by atoms with E-state index in [1.807, 2.05) is 0 Å². The van der Waals surface area contributed by atoms with E-state index in [0.717, 1.165) is 0 Å². The Morgan fingerprint density at radius 3 is 1.27 bits per heavy atom. The molecule has 0 aromatic heterocycles. The fourth-order valence-electron chi connectivity index (χ4n) is 1.64. The van der Waals surface area contributed by atoms with Gasteiger partial charge in [0.05, 0.1) is 13.2 Å². The monoisotopic (exact) mass is 484 g/mol. The third kappa shape index (κ3) is 13.2. The topological polar surface area (TPSA) is 130 Å². The summed E-state index contributed by atoms with van der Waals surface area (Å²) in [5.74, 6) is -2.26. The molecule has 30 heavy (non-hydrogen) atoms. The van der Waals surface area contributed by atoms with Gasteiger partial charge in [0, 0.05) is 33.8 Å². The third-order valence-electron chi connectivity index (χ3n) is 3.43. The number of hydrogen-bond donors (Lipinski definition) is 0. The molecule has 0 amide bonds. The average molecular weight is 485 g/mol. The molecule has 0 aliphatic heterocycles. The molecule has 0 saturated heterocycles. The van der Waals surface area contributed by atoms with Crippen LogP contribution in [-0.4, -0.2) is 68.4 Å². The number of carboxylic acid groups (broad SMARTS) is 2. The van der Waals surface area contributed by atoms with Crippen LogP contribution in [0.5, 0.6) is 11.5 Å². The van der Waals surface area contributed by atoms with Crippen LogP contribution in [0.4, 0.5) is 0 Å². The number of halogens is 2. The van der Waals surface area contributed by atoms with Crippen molar-refractivity contribution in [3.63, 3.8) is 0 Å². The third-order valence-corrected chi connectivity index (χ3v) is 3.94. The maximum Gasteiger partial charge on any atom is 2.00 e. The maximum absolute atomic E-state index is 10.4. The normalized spacial score (nSPS) is 11.3. The second kappa shape index (κ2) is 16.5. The van der Waals surface area contributed by atoms with Crippen LogP contribution >= 0.6 is 23.2 Å². The molecule has 0 aliphatic carbocycles. The largest absolute Gasteiger partial charge is 2.00 e. The Bertz CT molecular complexity index is 689. The molecule has 0 saturated carbocycles. The van der Waals surface area contributed by atoms with Crippen LogP contribution in [0.2, 0.25) is 10.0 Å². The first-order valence-corrected chi connectivity index (χ1v) is 9.13. The molecule has 0 aliphatic rings. The van der Waals surface area contributed by atoms with Crippen LogP contribution in [-0.2, 0) is 9.59 Å². The van der Waals surface area contributed by atoms with E-state index in [9.17, 15) is 19.8 Å². The molecule has 160 valence electrons. The molecule has 0 radical (unpaired) electrons. The van der Waals surface area contributed by atoms with Crippen LogP contribution < -0.4 is 19.7 Å². The molecular formula is C20H22CaCl2O7. The zero-order chi connectivity index (χ0) is 21.1. The Balaban J connectivity index is 0. The minimum Gasteiger partial charge on any atom is -0.550 e. The van der Waals surface area contributed by atoms with E-state index in [-0.39, 0.29) is 56.4 Å². The summed E-state index contributed by atoms with van der Waals surface area (Å²) in [4.78, 5) is 20.7. The number of rotatable bonds is 8. The summed E-state index contributed by atoms with van der Waals surface area (Å²) in [5.41, 5.74) is 0. The van der Waals surface area contributed by atoms with Crippen molar-refractivity contribution in [1.82, 2.24) is 0 Å². The van der Waals surface area contributed by atoms with E-state index < -0.39 is 23.8 Å². The van der Waals surface area contributed by atoms with Crippen molar-refractivity contribution >= 4 is 72.9 Å². The van der Waals surface area contributed by atoms with Crippen molar-refractivity contribution in [3.05, 3.63) is 58.6 Å². The summed E-state index contributed by atoms with van der Waals surface area (Å²) in [6, 6.07) is 13.5. The molecule has 7 nitrogen and oxygen atoms in total. The summed E-state index contributed by atoms with van der Waals surface area (Å²) in [7, 11) is 0. The number of aliphatic carboxylic acids is 2. The second-order valence-electron chi connectivity index (χ2n) is 5.97. The molecule has 2 unspecified atom stereocenters. The van der Waals surface area contributed by atoms with Gasteiger partial charge in [0.2, 0.25) is 0 Å². The van der Waals surface area contributed by atoms with E-state index >= 15 is 0 Å². The van der Waals surface area contributed by atoms with Gasteiger partial charge in [-0.1, -0.05) is 37.0 Å². The Labute approximate surface area is 215 Å². The Morgan fingerprint density at radius 1 is 0.767 bits per heavy atom. The summed E-state index contributed by atoms with van der Waals surface area (Å²) >= 11 is 11.3. The first kappa shape index (κ1) is 31.0. The van der Waals surface area contributed by atoms with E-state index in [0.29, 0.717) is 21.5 Å². The maximum atomic E-state index is 10.4. The van der Waals surface area contributed by atoms with E-state index in [2.05, 4.69) is 0 Å². The average Bonchev–Trinajstić information content (AvgIpc) is 2.67. The summed E-state index contributed by atoms with van der Waals surface area (Å²) in [5, 5.41) is 22.0. The molecule has 0 spiro atoms. The Morgan fingerprint density at radius 2 is 1.03 bits per heavy atom. The van der Waals surface area contributed by atoms with Gasteiger partial charge in [0.15, 0.2) is 0 Å². The molecule has 2 rings (SSSR count). The second-order valence-corrected chi connectivity index (χ2v) is 6.84. The fourth-order valence-corrected chi connectivity index (χ4v) is 1.89. The van der Waals surface area contributed by atoms with Gasteiger partial charge in [-0.15, -0.1) is 0 Å². The summed E-state index contributed by atoms with van der Waals surface area (Å²) in [6.07, 6.45) is 0. The van der Waals surface area contributed by atoms with Crippen molar-refractivity contribution in [2.75, 3.05) is 13.2 Å². The smallest absolute Gasteiger partial charge is 0.550 e. The molecule has 0 fully saturated rings. The fraction of sp³-hybridized carbons (Fsp3) is 0.300. The van der Waals surface area contributed by atoms with Crippen molar-refractivity contribution in [2.24, 2.45) is 11.8 Å². The minimum atomic E-state index is -1.11. The molecule has 0 bridgehead atoms. The molecule has 2 N–H and O–H groups in total. The standard InChI is InChI=1S/2C10H11ClO3.Ca.H2O/c2*1-7(10(12)13)6-14-9-4-2-8(11)3-5-9;;/h2*2-5,7H,6H2,1H3,(H,12,13);;1H2/q;;+2;/p-2. The molecule has 0 heterocycles. The molecule has 2 atom stereocenters.